The molecule has 0 radical (unpaired) electrons. The minimum Gasteiger partial charge on any atom is -0.338 e. The van der Waals surface area contributed by atoms with Crippen LogP contribution in [0.3, 0.4) is 0 Å². The number of hydrogen-bond acceptors (Lipinski definition) is 4. The molecule has 1 atom stereocenters. The van der Waals surface area contributed by atoms with Gasteiger partial charge < -0.3 is 15.1 Å². The molecule has 1 fully saturated rings. The Morgan fingerprint density at radius 3 is 2.69 bits per heavy atom. The summed E-state index contributed by atoms with van der Waals surface area (Å²) in [7, 11) is 0.465. The quantitative estimate of drug-likeness (QED) is 0.849. The Balaban J connectivity index is 1.80. The molecule has 0 unspecified atom stereocenters. The number of carbonyl (C=O) groups is 1. The van der Waals surface area contributed by atoms with Gasteiger partial charge in [-0.05, 0) is 57.1 Å². The standard InChI is InChI=1S/C18H28N4O3S/c1-4-19-18(23)21-9-7-14-5-6-17(11-15(14)12-21)26(24,25)22-10-8-16(13-22)20(2)3/h5-6,11,16H,4,7-10,12-13H2,1-3H3,(H,19,23)/t16-/m1/s1. The molecule has 2 amide bonds. The topological polar surface area (TPSA) is 73.0 Å². The highest BCUT2D eigenvalue weighted by atomic mass is 32.2. The van der Waals surface area contributed by atoms with Crippen LogP contribution in [0.5, 0.6) is 0 Å². The van der Waals surface area contributed by atoms with Crippen LogP contribution in [0.4, 0.5) is 4.79 Å². The third-order valence-electron chi connectivity index (χ3n) is 5.30. The van der Waals surface area contributed by atoms with Crippen LogP contribution in [-0.2, 0) is 23.0 Å². The fourth-order valence-electron chi connectivity index (χ4n) is 3.63. The van der Waals surface area contributed by atoms with Crippen molar-refractivity contribution in [2.24, 2.45) is 0 Å². The summed E-state index contributed by atoms with van der Waals surface area (Å²) in [6, 6.07) is 5.52. The summed E-state index contributed by atoms with van der Waals surface area (Å²) in [6.07, 6.45) is 1.60. The zero-order valence-electron chi connectivity index (χ0n) is 15.7. The van der Waals surface area contributed by atoms with Crippen molar-refractivity contribution in [1.82, 2.24) is 19.4 Å². The van der Waals surface area contributed by atoms with Crippen molar-refractivity contribution >= 4 is 16.1 Å². The number of carbonyl (C=O) groups excluding carboxylic acids is 1. The number of sulfonamides is 1. The third-order valence-corrected chi connectivity index (χ3v) is 7.16. The minimum atomic E-state index is -3.50. The molecule has 0 aromatic heterocycles. The first-order valence-electron chi connectivity index (χ1n) is 9.14. The SMILES string of the molecule is CCNC(=O)N1CCc2ccc(S(=O)(=O)N3CC[C@@H](N(C)C)C3)cc2C1. The van der Waals surface area contributed by atoms with E-state index >= 15 is 0 Å². The number of hydrogen-bond donors (Lipinski definition) is 1. The first kappa shape index (κ1) is 19.1. The molecular formula is C18H28N4O3S. The van der Waals surface area contributed by atoms with Crippen molar-refractivity contribution in [3.8, 4) is 0 Å². The number of nitrogens with one attached hydrogen (secondary N) is 1. The average molecular weight is 381 g/mol. The summed E-state index contributed by atoms with van der Waals surface area (Å²) in [5, 5.41) is 2.81. The molecule has 3 rings (SSSR count). The van der Waals surface area contributed by atoms with E-state index in [1.54, 1.807) is 21.3 Å². The van der Waals surface area contributed by atoms with Gasteiger partial charge in [0.2, 0.25) is 10.0 Å². The maximum absolute atomic E-state index is 13.0. The molecule has 0 spiro atoms. The van der Waals surface area contributed by atoms with Crippen LogP contribution < -0.4 is 5.32 Å². The fraction of sp³-hybridized carbons (Fsp3) is 0.611. The van der Waals surface area contributed by atoms with Crippen LogP contribution in [-0.4, -0.2) is 74.9 Å². The predicted molar refractivity (Wildman–Crippen MR) is 100 cm³/mol. The van der Waals surface area contributed by atoms with Crippen molar-refractivity contribution < 1.29 is 13.2 Å². The fourth-order valence-corrected chi connectivity index (χ4v) is 5.17. The van der Waals surface area contributed by atoms with Gasteiger partial charge in [0.05, 0.1) is 4.90 Å². The molecule has 2 heterocycles. The number of nitrogens with zero attached hydrogens (tertiary/aromatic N) is 3. The van der Waals surface area contributed by atoms with Crippen LogP contribution in [0.1, 0.15) is 24.5 Å². The first-order chi connectivity index (χ1) is 12.3. The molecule has 8 heteroatoms. The lowest BCUT2D eigenvalue weighted by molar-refractivity contribution is 0.193. The lowest BCUT2D eigenvalue weighted by Gasteiger charge is -2.29. The first-order valence-corrected chi connectivity index (χ1v) is 10.6. The maximum Gasteiger partial charge on any atom is 0.317 e. The molecule has 1 N–H and O–H groups in total. The van der Waals surface area contributed by atoms with Crippen molar-refractivity contribution in [2.75, 3.05) is 40.3 Å². The highest BCUT2D eigenvalue weighted by Gasteiger charge is 2.34. The van der Waals surface area contributed by atoms with E-state index < -0.39 is 10.0 Å². The Labute approximate surface area is 156 Å². The zero-order chi connectivity index (χ0) is 18.9. The second-order valence-corrected chi connectivity index (χ2v) is 9.14. The Bertz CT molecular complexity index is 779. The van der Waals surface area contributed by atoms with E-state index in [-0.39, 0.29) is 12.1 Å². The molecular weight excluding hydrogens is 352 g/mol. The summed E-state index contributed by atoms with van der Waals surface area (Å²) < 4.78 is 27.6. The molecule has 144 valence electrons. The van der Waals surface area contributed by atoms with Gasteiger partial charge in [-0.1, -0.05) is 6.07 Å². The van der Waals surface area contributed by atoms with Gasteiger partial charge in [0.15, 0.2) is 0 Å². The van der Waals surface area contributed by atoms with E-state index in [0.717, 1.165) is 24.0 Å². The molecule has 1 aromatic carbocycles. The Kier molecular flexibility index (Phi) is 5.55. The van der Waals surface area contributed by atoms with Crippen LogP contribution in [0.15, 0.2) is 23.1 Å². The van der Waals surface area contributed by atoms with E-state index in [4.69, 9.17) is 0 Å². The van der Waals surface area contributed by atoms with Crippen molar-refractivity contribution in [3.05, 3.63) is 29.3 Å². The summed E-state index contributed by atoms with van der Waals surface area (Å²) >= 11 is 0. The van der Waals surface area contributed by atoms with Crippen LogP contribution in [0, 0.1) is 0 Å². The lowest BCUT2D eigenvalue weighted by Crippen LogP contribution is -2.42. The van der Waals surface area contributed by atoms with E-state index in [1.807, 2.05) is 27.1 Å². The van der Waals surface area contributed by atoms with Gasteiger partial charge in [0, 0.05) is 38.8 Å². The largest absolute Gasteiger partial charge is 0.338 e. The van der Waals surface area contributed by atoms with E-state index in [1.165, 1.54) is 0 Å². The summed E-state index contributed by atoms with van der Waals surface area (Å²) in [6.45, 7) is 4.65. The van der Waals surface area contributed by atoms with Gasteiger partial charge >= 0.3 is 6.03 Å². The molecule has 2 aliphatic rings. The molecule has 1 aromatic rings. The smallest absolute Gasteiger partial charge is 0.317 e. The highest BCUT2D eigenvalue weighted by Crippen LogP contribution is 2.27. The molecule has 0 aliphatic carbocycles. The molecule has 0 bridgehead atoms. The van der Waals surface area contributed by atoms with E-state index in [2.05, 4.69) is 10.2 Å². The van der Waals surface area contributed by atoms with Crippen LogP contribution in [0.2, 0.25) is 0 Å². The second-order valence-electron chi connectivity index (χ2n) is 7.21. The van der Waals surface area contributed by atoms with Crippen LogP contribution in [0.25, 0.3) is 0 Å². The second kappa shape index (κ2) is 7.54. The lowest BCUT2D eigenvalue weighted by atomic mass is 10.0. The van der Waals surface area contributed by atoms with Crippen molar-refractivity contribution in [3.63, 3.8) is 0 Å². The zero-order valence-corrected chi connectivity index (χ0v) is 16.6. The number of benzene rings is 1. The molecule has 0 saturated carbocycles. The number of rotatable bonds is 4. The highest BCUT2D eigenvalue weighted by molar-refractivity contribution is 7.89. The normalized spacial score (nSPS) is 21.1. The number of urea groups is 1. The van der Waals surface area contributed by atoms with Gasteiger partial charge in [-0.15, -0.1) is 0 Å². The number of likely N-dealkylation sites (N-methyl/N-ethyl adjacent to an activating group) is 1. The van der Waals surface area contributed by atoms with E-state index in [0.29, 0.717) is 37.6 Å². The molecule has 7 nitrogen and oxygen atoms in total. The third kappa shape index (κ3) is 3.72. The molecule has 26 heavy (non-hydrogen) atoms. The van der Waals surface area contributed by atoms with Crippen molar-refractivity contribution in [1.29, 1.82) is 0 Å². The predicted octanol–water partition coefficient (Wildman–Crippen LogP) is 1.10. The summed E-state index contributed by atoms with van der Waals surface area (Å²) in [5.74, 6) is 0. The van der Waals surface area contributed by atoms with Gasteiger partial charge in [0.25, 0.3) is 0 Å². The van der Waals surface area contributed by atoms with Crippen LogP contribution >= 0.6 is 0 Å². The van der Waals surface area contributed by atoms with Gasteiger partial charge in [-0.2, -0.15) is 4.31 Å². The van der Waals surface area contributed by atoms with Gasteiger partial charge in [-0.3, -0.25) is 0 Å². The van der Waals surface area contributed by atoms with Gasteiger partial charge in [-0.25, -0.2) is 13.2 Å². The maximum atomic E-state index is 13.0. The molecule has 2 aliphatic heterocycles. The minimum absolute atomic E-state index is 0.0974. The summed E-state index contributed by atoms with van der Waals surface area (Å²) in [4.78, 5) is 16.2. The van der Waals surface area contributed by atoms with Gasteiger partial charge in [0.1, 0.15) is 0 Å². The molecule has 1 saturated heterocycles. The van der Waals surface area contributed by atoms with E-state index in [9.17, 15) is 13.2 Å². The number of amides is 2. The average Bonchev–Trinajstić information content (AvgIpc) is 3.12. The Morgan fingerprint density at radius 2 is 2.04 bits per heavy atom. The number of fused-ring (bicyclic) bond motifs is 1. The monoisotopic (exact) mass is 380 g/mol. The summed E-state index contributed by atoms with van der Waals surface area (Å²) in [5.41, 5.74) is 2.05. The Hall–Kier alpha value is -1.64. The van der Waals surface area contributed by atoms with Crippen molar-refractivity contribution in [2.45, 2.75) is 37.2 Å². The Morgan fingerprint density at radius 1 is 1.27 bits per heavy atom.